The molecule has 0 spiro atoms. The number of piperazine rings is 1. The third-order valence-corrected chi connectivity index (χ3v) is 4.42. The molecule has 0 bridgehead atoms. The van der Waals surface area contributed by atoms with Gasteiger partial charge < -0.3 is 10.6 Å². The molecule has 24 heavy (non-hydrogen) atoms. The third kappa shape index (κ3) is 5.09. The van der Waals surface area contributed by atoms with Crippen LogP contribution in [0.2, 0.25) is 5.02 Å². The van der Waals surface area contributed by atoms with Crippen LogP contribution >= 0.6 is 11.6 Å². The molecular weight excluding hydrogens is 343 g/mol. The van der Waals surface area contributed by atoms with Crippen molar-refractivity contribution in [3.05, 3.63) is 34.9 Å². The van der Waals surface area contributed by atoms with Gasteiger partial charge in [0.1, 0.15) is 6.04 Å². The molecule has 4 nitrogen and oxygen atoms in total. The summed E-state index contributed by atoms with van der Waals surface area (Å²) in [5.74, 6) is -1.01. The van der Waals surface area contributed by atoms with Gasteiger partial charge in [0.2, 0.25) is 5.91 Å². The van der Waals surface area contributed by atoms with Crippen LogP contribution in [-0.4, -0.2) is 55.7 Å². The summed E-state index contributed by atoms with van der Waals surface area (Å²) in [6.07, 6.45) is -4.39. The van der Waals surface area contributed by atoms with Crippen molar-refractivity contribution >= 4 is 17.5 Å². The van der Waals surface area contributed by atoms with E-state index in [1.54, 1.807) is 31.2 Å². The fourth-order valence-corrected chi connectivity index (χ4v) is 2.92. The maximum atomic E-state index is 13.3. The number of rotatable bonds is 5. The average molecular weight is 364 g/mol. The molecule has 1 amide bonds. The summed E-state index contributed by atoms with van der Waals surface area (Å²) in [6, 6.07) is 5.09. The molecule has 0 aromatic heterocycles. The second-order valence-electron chi connectivity index (χ2n) is 5.87. The van der Waals surface area contributed by atoms with Crippen LogP contribution in [0.25, 0.3) is 0 Å². The van der Waals surface area contributed by atoms with Crippen molar-refractivity contribution in [2.75, 3.05) is 32.7 Å². The zero-order chi connectivity index (χ0) is 17.7. The summed E-state index contributed by atoms with van der Waals surface area (Å²) < 4.78 is 39.9. The van der Waals surface area contributed by atoms with E-state index in [9.17, 15) is 18.0 Å². The number of halogens is 4. The lowest BCUT2D eigenvalue weighted by Crippen LogP contribution is -2.57. The van der Waals surface area contributed by atoms with Crippen LogP contribution in [0.15, 0.2) is 24.3 Å². The van der Waals surface area contributed by atoms with Crippen LogP contribution in [0.1, 0.15) is 18.4 Å². The molecule has 1 aromatic carbocycles. The summed E-state index contributed by atoms with van der Waals surface area (Å²) in [6.45, 7) is 2.84. The smallest absolute Gasteiger partial charge is 0.354 e. The maximum Gasteiger partial charge on any atom is 0.405 e. The monoisotopic (exact) mass is 363 g/mol. The van der Waals surface area contributed by atoms with E-state index in [-0.39, 0.29) is 0 Å². The molecule has 0 aliphatic carbocycles. The molecule has 1 fully saturated rings. The SMILES string of the molecule is CC(C(=O)NCC(N1CCNCC1)C(F)(F)F)c1cccc(Cl)c1. The summed E-state index contributed by atoms with van der Waals surface area (Å²) in [5.41, 5.74) is 0.672. The van der Waals surface area contributed by atoms with Gasteiger partial charge in [0.15, 0.2) is 0 Å². The lowest BCUT2D eigenvalue weighted by Gasteiger charge is -2.36. The first-order valence-corrected chi connectivity index (χ1v) is 8.21. The first kappa shape index (κ1) is 19.0. The van der Waals surface area contributed by atoms with Crippen LogP contribution in [0.5, 0.6) is 0 Å². The minimum absolute atomic E-state index is 0.309. The largest absolute Gasteiger partial charge is 0.405 e. The van der Waals surface area contributed by atoms with Gasteiger partial charge >= 0.3 is 6.18 Å². The van der Waals surface area contributed by atoms with Crippen molar-refractivity contribution in [2.45, 2.75) is 25.1 Å². The lowest BCUT2D eigenvalue weighted by atomic mass is 10.0. The molecular formula is C16H21ClF3N3O. The summed E-state index contributed by atoms with van der Waals surface area (Å²) in [4.78, 5) is 13.6. The van der Waals surface area contributed by atoms with Gasteiger partial charge in [-0.25, -0.2) is 0 Å². The van der Waals surface area contributed by atoms with Crippen LogP contribution in [0.3, 0.4) is 0 Å². The second kappa shape index (κ2) is 8.18. The number of hydrogen-bond acceptors (Lipinski definition) is 3. The quantitative estimate of drug-likeness (QED) is 0.844. The van der Waals surface area contributed by atoms with E-state index in [0.717, 1.165) is 0 Å². The number of alkyl halides is 3. The van der Waals surface area contributed by atoms with Crippen LogP contribution in [0.4, 0.5) is 13.2 Å². The van der Waals surface area contributed by atoms with E-state index in [2.05, 4.69) is 10.6 Å². The molecule has 1 aliphatic heterocycles. The van der Waals surface area contributed by atoms with E-state index >= 15 is 0 Å². The van der Waals surface area contributed by atoms with Crippen molar-refractivity contribution in [3.8, 4) is 0 Å². The first-order chi connectivity index (χ1) is 11.3. The maximum absolute atomic E-state index is 13.3. The zero-order valence-electron chi connectivity index (χ0n) is 13.4. The first-order valence-electron chi connectivity index (χ1n) is 7.83. The molecule has 1 aliphatic rings. The molecule has 1 heterocycles. The molecule has 2 N–H and O–H groups in total. The Balaban J connectivity index is 1.98. The van der Waals surface area contributed by atoms with Crippen molar-refractivity contribution in [1.29, 1.82) is 0 Å². The molecule has 0 radical (unpaired) electrons. The normalized spacial score (nSPS) is 18.9. The Kier molecular flexibility index (Phi) is 6.48. The van der Waals surface area contributed by atoms with Gasteiger partial charge in [0.25, 0.3) is 0 Å². The molecule has 2 atom stereocenters. The predicted octanol–water partition coefficient (Wildman–Crippen LogP) is 2.40. The Morgan fingerprint density at radius 3 is 2.62 bits per heavy atom. The highest BCUT2D eigenvalue weighted by Crippen LogP contribution is 2.25. The minimum Gasteiger partial charge on any atom is -0.354 e. The van der Waals surface area contributed by atoms with E-state index in [1.807, 2.05) is 0 Å². The Bertz CT molecular complexity index is 562. The van der Waals surface area contributed by atoms with Gasteiger partial charge in [0.05, 0.1) is 5.92 Å². The Labute approximate surface area is 144 Å². The Hall–Kier alpha value is -1.31. The van der Waals surface area contributed by atoms with Crippen molar-refractivity contribution in [2.24, 2.45) is 0 Å². The highest BCUT2D eigenvalue weighted by atomic mass is 35.5. The number of amides is 1. The van der Waals surface area contributed by atoms with Gasteiger partial charge in [-0.15, -0.1) is 0 Å². The summed E-state index contributed by atoms with van der Waals surface area (Å²) >= 11 is 5.89. The van der Waals surface area contributed by atoms with E-state index < -0.39 is 30.6 Å². The Morgan fingerprint density at radius 1 is 1.38 bits per heavy atom. The number of nitrogens with one attached hydrogen (secondary N) is 2. The topological polar surface area (TPSA) is 44.4 Å². The van der Waals surface area contributed by atoms with Crippen molar-refractivity contribution in [3.63, 3.8) is 0 Å². The van der Waals surface area contributed by atoms with Gasteiger partial charge in [-0.1, -0.05) is 23.7 Å². The molecule has 134 valence electrons. The van der Waals surface area contributed by atoms with E-state index in [4.69, 9.17) is 11.6 Å². The van der Waals surface area contributed by atoms with E-state index in [1.165, 1.54) is 4.90 Å². The number of hydrogen-bond donors (Lipinski definition) is 2. The summed E-state index contributed by atoms with van der Waals surface area (Å²) in [7, 11) is 0. The molecule has 0 saturated carbocycles. The minimum atomic E-state index is -4.39. The van der Waals surface area contributed by atoms with Crippen LogP contribution in [-0.2, 0) is 4.79 Å². The fraction of sp³-hybridized carbons (Fsp3) is 0.562. The molecule has 2 rings (SSSR count). The van der Waals surface area contributed by atoms with Gasteiger partial charge in [-0.05, 0) is 24.6 Å². The fourth-order valence-electron chi connectivity index (χ4n) is 2.72. The predicted molar refractivity (Wildman–Crippen MR) is 87.2 cm³/mol. The standard InChI is InChI=1S/C16H21ClF3N3O/c1-11(12-3-2-4-13(17)9-12)15(24)22-10-14(16(18,19)20)23-7-5-21-6-8-23/h2-4,9,11,14,21H,5-8,10H2,1H3,(H,22,24). The van der Waals surface area contributed by atoms with Crippen LogP contribution in [0, 0.1) is 0 Å². The zero-order valence-corrected chi connectivity index (χ0v) is 14.1. The Morgan fingerprint density at radius 2 is 2.04 bits per heavy atom. The third-order valence-electron chi connectivity index (χ3n) is 4.18. The van der Waals surface area contributed by atoms with Crippen LogP contribution < -0.4 is 10.6 Å². The lowest BCUT2D eigenvalue weighted by molar-refractivity contribution is -0.184. The molecule has 1 aromatic rings. The molecule has 2 unspecified atom stereocenters. The van der Waals surface area contributed by atoms with Crippen molar-refractivity contribution < 1.29 is 18.0 Å². The van der Waals surface area contributed by atoms with E-state index in [0.29, 0.717) is 36.8 Å². The number of benzene rings is 1. The van der Waals surface area contributed by atoms with Gasteiger partial charge in [0, 0.05) is 37.7 Å². The summed E-state index contributed by atoms with van der Waals surface area (Å²) in [5, 5.41) is 5.95. The molecule has 8 heteroatoms. The highest BCUT2D eigenvalue weighted by Gasteiger charge is 2.43. The number of nitrogens with zero attached hydrogens (tertiary/aromatic N) is 1. The highest BCUT2D eigenvalue weighted by molar-refractivity contribution is 6.30. The van der Waals surface area contributed by atoms with Crippen molar-refractivity contribution in [1.82, 2.24) is 15.5 Å². The average Bonchev–Trinajstić information content (AvgIpc) is 2.54. The van der Waals surface area contributed by atoms with Gasteiger partial charge in [-0.2, -0.15) is 13.2 Å². The number of carbonyl (C=O) groups excluding carboxylic acids is 1. The second-order valence-corrected chi connectivity index (χ2v) is 6.30. The number of carbonyl (C=O) groups is 1. The molecule has 1 saturated heterocycles. The van der Waals surface area contributed by atoms with Gasteiger partial charge in [-0.3, -0.25) is 9.69 Å².